The first-order valence-electron chi connectivity index (χ1n) is 5.46. The minimum Gasteiger partial charge on any atom is -0.465 e. The number of hydrogen-bond acceptors (Lipinski definition) is 5. The molecule has 0 unspecified atom stereocenters. The quantitative estimate of drug-likeness (QED) is 0.558. The van der Waals surface area contributed by atoms with Gasteiger partial charge in [-0.1, -0.05) is 0 Å². The summed E-state index contributed by atoms with van der Waals surface area (Å²) in [5.41, 5.74) is 5.40. The molecule has 1 aromatic heterocycles. The highest BCUT2D eigenvalue weighted by Crippen LogP contribution is 2.19. The van der Waals surface area contributed by atoms with E-state index < -0.39 is 17.2 Å². The second kappa shape index (κ2) is 4.27. The molecule has 1 heterocycles. The van der Waals surface area contributed by atoms with E-state index in [-0.39, 0.29) is 16.6 Å². The van der Waals surface area contributed by atoms with Gasteiger partial charge >= 0.3 is 11.7 Å². The number of carbonyl (C=O) groups is 1. The van der Waals surface area contributed by atoms with Crippen LogP contribution in [0.4, 0.5) is 5.69 Å². The summed E-state index contributed by atoms with van der Waals surface area (Å²) in [6.07, 6.45) is 0. The zero-order chi connectivity index (χ0) is 14.3. The van der Waals surface area contributed by atoms with Gasteiger partial charge in [0.05, 0.1) is 23.6 Å². The van der Waals surface area contributed by atoms with Crippen LogP contribution < -0.4 is 17.0 Å². The van der Waals surface area contributed by atoms with E-state index in [1.807, 2.05) is 0 Å². The zero-order valence-corrected chi connectivity index (χ0v) is 10.8. The molecule has 0 fully saturated rings. The highest BCUT2D eigenvalue weighted by molar-refractivity contribution is 6.00. The van der Waals surface area contributed by atoms with Crippen LogP contribution >= 0.6 is 0 Å². The molecule has 2 rings (SSSR count). The molecule has 0 amide bonds. The van der Waals surface area contributed by atoms with Crippen LogP contribution in [0.15, 0.2) is 21.7 Å². The van der Waals surface area contributed by atoms with Gasteiger partial charge in [-0.2, -0.15) is 0 Å². The Morgan fingerprint density at radius 3 is 2.42 bits per heavy atom. The second-order valence-corrected chi connectivity index (χ2v) is 4.15. The first kappa shape index (κ1) is 12.9. The lowest BCUT2D eigenvalue weighted by atomic mass is 10.1. The van der Waals surface area contributed by atoms with Gasteiger partial charge in [-0.15, -0.1) is 0 Å². The molecule has 0 aliphatic carbocycles. The molecule has 7 nitrogen and oxygen atoms in total. The molecular formula is C12H13N3O4. The van der Waals surface area contributed by atoms with E-state index in [1.165, 1.54) is 37.9 Å². The van der Waals surface area contributed by atoms with Gasteiger partial charge in [-0.05, 0) is 12.1 Å². The number of aromatic nitrogens is 2. The fourth-order valence-corrected chi connectivity index (χ4v) is 1.94. The number of esters is 1. The van der Waals surface area contributed by atoms with Gasteiger partial charge in [0.25, 0.3) is 5.56 Å². The number of aryl methyl sites for hydroxylation is 1. The van der Waals surface area contributed by atoms with Gasteiger partial charge < -0.3 is 10.5 Å². The van der Waals surface area contributed by atoms with Crippen molar-refractivity contribution in [3.8, 4) is 0 Å². The Labute approximate surface area is 107 Å². The van der Waals surface area contributed by atoms with Crippen LogP contribution in [-0.4, -0.2) is 22.2 Å². The third-order valence-corrected chi connectivity index (χ3v) is 3.04. The van der Waals surface area contributed by atoms with Crippen LogP contribution in [0.5, 0.6) is 0 Å². The molecule has 0 bridgehead atoms. The van der Waals surface area contributed by atoms with E-state index >= 15 is 0 Å². The molecule has 2 aromatic rings. The number of nitrogen functional groups attached to an aromatic ring is 1. The SMILES string of the molecule is COC(=O)c1cc2c(cc1N)c(=O)n(C)c(=O)n2C. The van der Waals surface area contributed by atoms with E-state index in [0.29, 0.717) is 5.52 Å². The van der Waals surface area contributed by atoms with Crippen molar-refractivity contribution in [2.24, 2.45) is 14.1 Å². The Bertz CT molecular complexity index is 801. The summed E-state index contributed by atoms with van der Waals surface area (Å²) in [7, 11) is 4.13. The standard InChI is InChI=1S/C12H13N3O4/c1-14-9-5-6(11(17)19-3)8(13)4-7(9)10(16)15(2)12(14)18/h4-5H,13H2,1-3H3. The summed E-state index contributed by atoms with van der Waals surface area (Å²) in [5.74, 6) is -0.618. The fraction of sp³-hybridized carbons (Fsp3) is 0.250. The summed E-state index contributed by atoms with van der Waals surface area (Å²) >= 11 is 0. The first-order valence-corrected chi connectivity index (χ1v) is 5.46. The van der Waals surface area contributed by atoms with E-state index in [9.17, 15) is 14.4 Å². The van der Waals surface area contributed by atoms with Crippen LogP contribution in [0.3, 0.4) is 0 Å². The lowest BCUT2D eigenvalue weighted by Crippen LogP contribution is -2.37. The Morgan fingerprint density at radius 1 is 1.21 bits per heavy atom. The van der Waals surface area contributed by atoms with Crippen molar-refractivity contribution in [2.75, 3.05) is 12.8 Å². The molecule has 0 saturated heterocycles. The molecule has 0 radical (unpaired) electrons. The van der Waals surface area contributed by atoms with Crippen molar-refractivity contribution >= 4 is 22.6 Å². The zero-order valence-electron chi connectivity index (χ0n) is 10.8. The monoisotopic (exact) mass is 263 g/mol. The molecule has 0 aliphatic rings. The summed E-state index contributed by atoms with van der Waals surface area (Å²) < 4.78 is 6.87. The lowest BCUT2D eigenvalue weighted by molar-refractivity contribution is 0.0602. The van der Waals surface area contributed by atoms with Crippen LogP contribution in [0.25, 0.3) is 10.9 Å². The molecule has 0 atom stereocenters. The number of fused-ring (bicyclic) bond motifs is 1. The maximum Gasteiger partial charge on any atom is 0.340 e. The third kappa shape index (κ3) is 1.79. The summed E-state index contributed by atoms with van der Waals surface area (Å²) in [6.45, 7) is 0. The number of methoxy groups -OCH3 is 1. The Kier molecular flexibility index (Phi) is 2.89. The van der Waals surface area contributed by atoms with Gasteiger partial charge in [0.15, 0.2) is 0 Å². The number of ether oxygens (including phenoxy) is 1. The van der Waals surface area contributed by atoms with E-state index in [1.54, 1.807) is 0 Å². The molecule has 7 heteroatoms. The van der Waals surface area contributed by atoms with Crippen molar-refractivity contribution in [1.29, 1.82) is 0 Å². The number of carbonyl (C=O) groups excluding carboxylic acids is 1. The molecule has 19 heavy (non-hydrogen) atoms. The molecule has 1 aromatic carbocycles. The minimum atomic E-state index is -0.618. The molecule has 100 valence electrons. The van der Waals surface area contributed by atoms with Crippen molar-refractivity contribution in [1.82, 2.24) is 9.13 Å². The number of hydrogen-bond donors (Lipinski definition) is 1. The molecular weight excluding hydrogens is 250 g/mol. The molecule has 2 N–H and O–H groups in total. The summed E-state index contributed by atoms with van der Waals surface area (Å²) in [6, 6.07) is 2.77. The predicted octanol–water partition coefficient (Wildman–Crippen LogP) is -0.394. The third-order valence-electron chi connectivity index (χ3n) is 3.04. The topological polar surface area (TPSA) is 96.3 Å². The Hall–Kier alpha value is -2.57. The number of benzene rings is 1. The second-order valence-electron chi connectivity index (χ2n) is 4.15. The molecule has 0 spiro atoms. The van der Waals surface area contributed by atoms with Gasteiger partial charge in [0.1, 0.15) is 0 Å². The number of nitrogens with zero attached hydrogens (tertiary/aromatic N) is 2. The maximum atomic E-state index is 12.0. The number of nitrogens with two attached hydrogens (primary N) is 1. The van der Waals surface area contributed by atoms with Crippen LogP contribution in [0, 0.1) is 0 Å². The van der Waals surface area contributed by atoms with E-state index in [0.717, 1.165) is 4.57 Å². The van der Waals surface area contributed by atoms with Crippen molar-refractivity contribution in [2.45, 2.75) is 0 Å². The van der Waals surface area contributed by atoms with Gasteiger partial charge in [0, 0.05) is 19.8 Å². The van der Waals surface area contributed by atoms with Crippen molar-refractivity contribution in [3.63, 3.8) is 0 Å². The van der Waals surface area contributed by atoms with Gasteiger partial charge in [-0.25, -0.2) is 9.59 Å². The van der Waals surface area contributed by atoms with E-state index in [2.05, 4.69) is 4.74 Å². The molecule has 0 aliphatic heterocycles. The largest absolute Gasteiger partial charge is 0.465 e. The van der Waals surface area contributed by atoms with Gasteiger partial charge in [-0.3, -0.25) is 13.9 Å². The first-order chi connectivity index (χ1) is 8.88. The normalized spacial score (nSPS) is 10.7. The minimum absolute atomic E-state index is 0.123. The molecule has 0 saturated carbocycles. The summed E-state index contributed by atoms with van der Waals surface area (Å²) in [5, 5.41) is 0.273. The average Bonchev–Trinajstić information content (AvgIpc) is 2.41. The van der Waals surface area contributed by atoms with Gasteiger partial charge in [0.2, 0.25) is 0 Å². The lowest BCUT2D eigenvalue weighted by Gasteiger charge is -2.10. The Morgan fingerprint density at radius 2 is 1.84 bits per heavy atom. The smallest absolute Gasteiger partial charge is 0.340 e. The number of rotatable bonds is 1. The highest BCUT2D eigenvalue weighted by atomic mass is 16.5. The number of anilines is 1. The maximum absolute atomic E-state index is 12.0. The van der Waals surface area contributed by atoms with E-state index in [4.69, 9.17) is 5.73 Å². The van der Waals surface area contributed by atoms with Crippen LogP contribution in [-0.2, 0) is 18.8 Å². The van der Waals surface area contributed by atoms with Crippen LogP contribution in [0.2, 0.25) is 0 Å². The van der Waals surface area contributed by atoms with Crippen molar-refractivity contribution < 1.29 is 9.53 Å². The average molecular weight is 263 g/mol. The Balaban J connectivity index is 2.99. The van der Waals surface area contributed by atoms with Crippen LogP contribution in [0.1, 0.15) is 10.4 Å². The van der Waals surface area contributed by atoms with Crippen molar-refractivity contribution in [3.05, 3.63) is 38.5 Å². The summed E-state index contributed by atoms with van der Waals surface area (Å²) in [4.78, 5) is 35.4. The predicted molar refractivity (Wildman–Crippen MR) is 70.2 cm³/mol. The highest BCUT2D eigenvalue weighted by Gasteiger charge is 2.15. The fourth-order valence-electron chi connectivity index (χ4n) is 1.94.